The molecule has 0 saturated heterocycles. The molecule has 0 bridgehead atoms. The van der Waals surface area contributed by atoms with Crippen molar-refractivity contribution in [2.75, 3.05) is 0 Å². The van der Waals surface area contributed by atoms with E-state index in [1.54, 1.807) is 6.92 Å². The maximum Gasteiger partial charge on any atom is 0.270 e. The molecule has 20 heavy (non-hydrogen) atoms. The van der Waals surface area contributed by atoms with Crippen LogP contribution in [0.15, 0.2) is 23.1 Å². The second-order valence-electron chi connectivity index (χ2n) is 4.48. The SMILES string of the molecule is CC(O)CC(C)NS(=O)(=O)c1cc([N+](=O)[O-])ccc1Cl. The summed E-state index contributed by atoms with van der Waals surface area (Å²) >= 11 is 5.78. The quantitative estimate of drug-likeness (QED) is 0.611. The predicted molar refractivity (Wildman–Crippen MR) is 74.2 cm³/mol. The molecule has 1 rings (SSSR count). The number of hydrogen-bond donors (Lipinski definition) is 2. The van der Waals surface area contributed by atoms with Crippen LogP contribution < -0.4 is 4.72 Å². The third-order valence-electron chi connectivity index (χ3n) is 2.47. The Bertz CT molecular complexity index is 603. The van der Waals surface area contributed by atoms with Crippen molar-refractivity contribution in [3.63, 3.8) is 0 Å². The van der Waals surface area contributed by atoms with Crippen LogP contribution in [0.3, 0.4) is 0 Å². The summed E-state index contributed by atoms with van der Waals surface area (Å²) in [5.74, 6) is 0. The van der Waals surface area contributed by atoms with Gasteiger partial charge in [-0.25, -0.2) is 13.1 Å². The number of aliphatic hydroxyl groups excluding tert-OH is 1. The van der Waals surface area contributed by atoms with Crippen LogP contribution in [0.1, 0.15) is 20.3 Å². The molecule has 1 aromatic carbocycles. The number of halogens is 1. The first kappa shape index (κ1) is 16.8. The number of nitro groups is 1. The molecule has 2 N–H and O–H groups in total. The maximum absolute atomic E-state index is 12.1. The highest BCUT2D eigenvalue weighted by molar-refractivity contribution is 7.89. The van der Waals surface area contributed by atoms with Gasteiger partial charge in [0.15, 0.2) is 0 Å². The second kappa shape index (κ2) is 6.49. The number of hydrogen-bond acceptors (Lipinski definition) is 5. The molecule has 9 heteroatoms. The Balaban J connectivity index is 3.09. The molecule has 7 nitrogen and oxygen atoms in total. The average molecular weight is 323 g/mol. The van der Waals surface area contributed by atoms with Gasteiger partial charge in [0.05, 0.1) is 16.0 Å². The van der Waals surface area contributed by atoms with Gasteiger partial charge in [0.2, 0.25) is 10.0 Å². The zero-order valence-corrected chi connectivity index (χ0v) is 12.5. The molecule has 0 aromatic heterocycles. The molecule has 0 heterocycles. The first-order chi connectivity index (χ1) is 9.13. The van der Waals surface area contributed by atoms with E-state index in [1.807, 2.05) is 0 Å². The van der Waals surface area contributed by atoms with Gasteiger partial charge in [-0.15, -0.1) is 0 Å². The lowest BCUT2D eigenvalue weighted by molar-refractivity contribution is -0.385. The van der Waals surface area contributed by atoms with Gasteiger partial charge < -0.3 is 5.11 Å². The highest BCUT2D eigenvalue weighted by Gasteiger charge is 2.23. The van der Waals surface area contributed by atoms with Crippen molar-refractivity contribution in [1.29, 1.82) is 0 Å². The highest BCUT2D eigenvalue weighted by Crippen LogP contribution is 2.26. The van der Waals surface area contributed by atoms with Crippen LogP contribution in [-0.4, -0.2) is 30.6 Å². The Morgan fingerprint density at radius 1 is 1.45 bits per heavy atom. The predicted octanol–water partition coefficient (Wildman–Crippen LogP) is 1.69. The van der Waals surface area contributed by atoms with Gasteiger partial charge in [0.1, 0.15) is 4.90 Å². The fraction of sp³-hybridized carbons (Fsp3) is 0.455. The first-order valence-corrected chi connectivity index (χ1v) is 7.64. The van der Waals surface area contributed by atoms with Crippen LogP contribution >= 0.6 is 11.6 Å². The largest absolute Gasteiger partial charge is 0.393 e. The van der Waals surface area contributed by atoms with Crippen molar-refractivity contribution in [2.24, 2.45) is 0 Å². The number of nitrogens with zero attached hydrogens (tertiary/aromatic N) is 1. The van der Waals surface area contributed by atoms with Gasteiger partial charge in [-0.2, -0.15) is 0 Å². The summed E-state index contributed by atoms with van der Waals surface area (Å²) in [4.78, 5) is 9.62. The van der Waals surface area contributed by atoms with Crippen LogP contribution in [0, 0.1) is 10.1 Å². The van der Waals surface area contributed by atoms with Crippen molar-refractivity contribution in [3.8, 4) is 0 Å². The third kappa shape index (κ3) is 4.41. The summed E-state index contributed by atoms with van der Waals surface area (Å²) in [6.45, 7) is 3.11. The summed E-state index contributed by atoms with van der Waals surface area (Å²) in [5, 5.41) is 19.8. The summed E-state index contributed by atoms with van der Waals surface area (Å²) < 4.78 is 26.6. The van der Waals surface area contributed by atoms with E-state index in [-0.39, 0.29) is 22.0 Å². The van der Waals surface area contributed by atoms with E-state index < -0.39 is 27.1 Å². The van der Waals surface area contributed by atoms with E-state index >= 15 is 0 Å². The molecular formula is C11H15ClN2O5S. The van der Waals surface area contributed by atoms with Crippen LogP contribution in [0.5, 0.6) is 0 Å². The van der Waals surface area contributed by atoms with E-state index in [9.17, 15) is 23.6 Å². The zero-order chi connectivity index (χ0) is 15.5. The number of sulfonamides is 1. The lowest BCUT2D eigenvalue weighted by atomic mass is 10.2. The Morgan fingerprint density at radius 2 is 2.05 bits per heavy atom. The van der Waals surface area contributed by atoms with E-state index in [0.717, 1.165) is 18.2 Å². The molecule has 0 radical (unpaired) electrons. The molecule has 0 saturated carbocycles. The standard InChI is InChI=1S/C11H15ClN2O5S/c1-7(5-8(2)15)13-20(18,19)11-6-9(14(16)17)3-4-10(11)12/h3-4,6-8,13,15H,5H2,1-2H3. The number of rotatable bonds is 6. The van der Waals surface area contributed by atoms with Crippen LogP contribution in [0.4, 0.5) is 5.69 Å². The monoisotopic (exact) mass is 322 g/mol. The Labute approximate surface area is 121 Å². The Kier molecular flexibility index (Phi) is 5.46. The van der Waals surface area contributed by atoms with Gasteiger partial charge in [-0.3, -0.25) is 10.1 Å². The fourth-order valence-corrected chi connectivity index (χ4v) is 3.48. The van der Waals surface area contributed by atoms with Gasteiger partial charge >= 0.3 is 0 Å². The lowest BCUT2D eigenvalue weighted by Gasteiger charge is -2.16. The third-order valence-corrected chi connectivity index (χ3v) is 4.54. The molecule has 0 aliphatic rings. The summed E-state index contributed by atoms with van der Waals surface area (Å²) in [5.41, 5.74) is -0.363. The van der Waals surface area contributed by atoms with E-state index in [0.29, 0.717) is 0 Å². The first-order valence-electron chi connectivity index (χ1n) is 5.78. The van der Waals surface area contributed by atoms with Crippen molar-refractivity contribution in [2.45, 2.75) is 37.3 Å². The molecule has 0 aliphatic carbocycles. The average Bonchev–Trinajstić information content (AvgIpc) is 2.26. The van der Waals surface area contributed by atoms with E-state index in [1.165, 1.54) is 6.92 Å². The topological polar surface area (TPSA) is 110 Å². The van der Waals surface area contributed by atoms with Crippen molar-refractivity contribution >= 4 is 27.3 Å². The summed E-state index contributed by atoms with van der Waals surface area (Å²) in [6.07, 6.45) is -0.459. The molecule has 2 unspecified atom stereocenters. The van der Waals surface area contributed by atoms with Crippen LogP contribution in [-0.2, 0) is 10.0 Å². The van der Waals surface area contributed by atoms with Gasteiger partial charge in [0.25, 0.3) is 5.69 Å². The smallest absolute Gasteiger partial charge is 0.270 e. The molecule has 0 amide bonds. The minimum atomic E-state index is -3.99. The van der Waals surface area contributed by atoms with Gasteiger partial charge in [0, 0.05) is 18.2 Å². The molecule has 2 atom stereocenters. The lowest BCUT2D eigenvalue weighted by Crippen LogP contribution is -2.34. The van der Waals surface area contributed by atoms with Crippen molar-refractivity contribution < 1.29 is 18.4 Å². The van der Waals surface area contributed by atoms with Crippen LogP contribution in [0.2, 0.25) is 5.02 Å². The minimum Gasteiger partial charge on any atom is -0.393 e. The van der Waals surface area contributed by atoms with Gasteiger partial charge in [-0.1, -0.05) is 11.6 Å². The number of non-ortho nitro benzene ring substituents is 1. The second-order valence-corrected chi connectivity index (χ2v) is 6.57. The number of aliphatic hydroxyl groups is 1. The van der Waals surface area contributed by atoms with E-state index in [4.69, 9.17) is 11.6 Å². The fourth-order valence-electron chi connectivity index (χ4n) is 1.70. The number of nitrogens with one attached hydrogen (secondary N) is 1. The molecule has 0 spiro atoms. The summed E-state index contributed by atoms with van der Waals surface area (Å²) in [7, 11) is -3.99. The molecule has 112 valence electrons. The normalized spacial score (nSPS) is 14.8. The summed E-state index contributed by atoms with van der Waals surface area (Å²) in [6, 6.07) is 2.66. The number of benzene rings is 1. The molecule has 0 fully saturated rings. The molecule has 1 aromatic rings. The highest BCUT2D eigenvalue weighted by atomic mass is 35.5. The maximum atomic E-state index is 12.1. The molecular weight excluding hydrogens is 308 g/mol. The molecule has 0 aliphatic heterocycles. The minimum absolute atomic E-state index is 0.104. The van der Waals surface area contributed by atoms with Gasteiger partial charge in [-0.05, 0) is 26.3 Å². The van der Waals surface area contributed by atoms with Crippen molar-refractivity contribution in [1.82, 2.24) is 4.72 Å². The van der Waals surface area contributed by atoms with Crippen LogP contribution in [0.25, 0.3) is 0 Å². The Morgan fingerprint density at radius 3 is 2.55 bits per heavy atom. The Hall–Kier alpha value is -1.22. The van der Waals surface area contributed by atoms with Crippen molar-refractivity contribution in [3.05, 3.63) is 33.3 Å². The number of nitro benzene ring substituents is 1. The van der Waals surface area contributed by atoms with E-state index in [2.05, 4.69) is 4.72 Å². The zero-order valence-electron chi connectivity index (χ0n) is 10.9.